The normalized spacial score (nSPS) is 11.2. The van der Waals surface area contributed by atoms with Gasteiger partial charge in [-0.2, -0.15) is 0 Å². The minimum absolute atomic E-state index is 0.0433. The lowest BCUT2D eigenvalue weighted by Gasteiger charge is -2.11. The quantitative estimate of drug-likeness (QED) is 0.600. The molecular weight excluding hydrogens is 371 g/mol. The van der Waals surface area contributed by atoms with E-state index in [-0.39, 0.29) is 18.1 Å². The van der Waals surface area contributed by atoms with E-state index in [0.717, 1.165) is 0 Å². The Morgan fingerprint density at radius 2 is 1.72 bits per heavy atom. The number of hydrogen-bond donors (Lipinski definition) is 2. The monoisotopic (exact) mass is 392 g/mol. The van der Waals surface area contributed by atoms with Crippen molar-refractivity contribution in [2.45, 2.75) is 13.3 Å². The second-order valence-corrected chi connectivity index (χ2v) is 6.42. The number of rotatable bonds is 7. The highest BCUT2D eigenvalue weighted by Gasteiger charge is 2.15. The number of hydrogen-bond acceptors (Lipinski definition) is 3. The van der Waals surface area contributed by atoms with Crippen LogP contribution in [0.2, 0.25) is 0 Å². The average Bonchev–Trinajstić information content (AvgIpc) is 3.14. The van der Waals surface area contributed by atoms with Crippen LogP contribution in [0, 0.1) is 12.7 Å². The van der Waals surface area contributed by atoms with Crippen molar-refractivity contribution < 1.29 is 18.4 Å². The number of aryl methyl sites for hydroxylation is 1. The Kier molecular flexibility index (Phi) is 6.58. The van der Waals surface area contributed by atoms with E-state index in [1.54, 1.807) is 67.6 Å². The third kappa shape index (κ3) is 5.65. The van der Waals surface area contributed by atoms with Crippen molar-refractivity contribution in [3.05, 3.63) is 101 Å². The third-order valence-electron chi connectivity index (χ3n) is 4.21. The summed E-state index contributed by atoms with van der Waals surface area (Å²) in [5.74, 6) is -0.0925. The van der Waals surface area contributed by atoms with Crippen molar-refractivity contribution >= 4 is 17.9 Å². The zero-order chi connectivity index (χ0) is 20.6. The zero-order valence-corrected chi connectivity index (χ0v) is 15.9. The van der Waals surface area contributed by atoms with Crippen LogP contribution < -0.4 is 10.6 Å². The van der Waals surface area contributed by atoms with Gasteiger partial charge in [-0.1, -0.05) is 36.4 Å². The van der Waals surface area contributed by atoms with E-state index in [1.807, 2.05) is 0 Å². The lowest BCUT2D eigenvalue weighted by atomic mass is 10.1. The molecule has 0 aliphatic heterocycles. The molecule has 0 saturated heterocycles. The lowest BCUT2D eigenvalue weighted by Crippen LogP contribution is -2.35. The van der Waals surface area contributed by atoms with Gasteiger partial charge in [-0.25, -0.2) is 4.39 Å². The molecule has 3 aromatic rings. The Morgan fingerprint density at radius 1 is 1.00 bits per heavy atom. The van der Waals surface area contributed by atoms with E-state index in [2.05, 4.69) is 10.6 Å². The fourth-order valence-corrected chi connectivity index (χ4v) is 2.72. The Balaban J connectivity index is 1.71. The Bertz CT molecular complexity index is 1030. The first-order valence-corrected chi connectivity index (χ1v) is 9.19. The first-order chi connectivity index (χ1) is 14.0. The minimum Gasteiger partial charge on any atom is -0.462 e. The molecule has 2 amide bonds. The van der Waals surface area contributed by atoms with Crippen LogP contribution in [-0.4, -0.2) is 18.4 Å². The van der Waals surface area contributed by atoms with Crippen LogP contribution in [0.3, 0.4) is 0 Å². The average molecular weight is 392 g/mol. The van der Waals surface area contributed by atoms with Gasteiger partial charge < -0.3 is 15.1 Å². The number of benzene rings is 2. The first kappa shape index (κ1) is 20.1. The maximum absolute atomic E-state index is 13.7. The summed E-state index contributed by atoms with van der Waals surface area (Å²) in [5.41, 5.74) is 0.975. The molecule has 3 rings (SSSR count). The van der Waals surface area contributed by atoms with Crippen molar-refractivity contribution in [3.8, 4) is 0 Å². The molecule has 0 saturated carbocycles. The van der Waals surface area contributed by atoms with Gasteiger partial charge in [-0.15, -0.1) is 0 Å². The number of carbonyl (C=O) groups is 2. The first-order valence-electron chi connectivity index (χ1n) is 9.19. The van der Waals surface area contributed by atoms with Gasteiger partial charge in [0.2, 0.25) is 0 Å². The van der Waals surface area contributed by atoms with E-state index >= 15 is 0 Å². The molecule has 0 unspecified atom stereocenters. The smallest absolute Gasteiger partial charge is 0.267 e. The van der Waals surface area contributed by atoms with E-state index in [9.17, 15) is 14.0 Å². The van der Waals surface area contributed by atoms with Gasteiger partial charge in [0.25, 0.3) is 11.8 Å². The van der Waals surface area contributed by atoms with Crippen molar-refractivity contribution in [2.75, 3.05) is 6.54 Å². The van der Waals surface area contributed by atoms with Crippen LogP contribution in [0.1, 0.15) is 27.4 Å². The van der Waals surface area contributed by atoms with E-state index in [1.165, 1.54) is 12.1 Å². The molecule has 6 heteroatoms. The van der Waals surface area contributed by atoms with E-state index < -0.39 is 11.8 Å². The molecular formula is C23H21FN2O3. The standard InChI is InChI=1S/C23H21FN2O3/c1-16-11-12-19(29-16)15-21(26-22(27)18-8-3-2-4-9-18)23(28)25-14-13-17-7-5-6-10-20(17)24/h2-12,15H,13-14H2,1H3,(H,25,28)(H,26,27)/b21-15-. The molecule has 1 aromatic heterocycles. The van der Waals surface area contributed by atoms with Crippen molar-refractivity contribution in [2.24, 2.45) is 0 Å². The van der Waals surface area contributed by atoms with Gasteiger partial charge >= 0.3 is 0 Å². The molecule has 148 valence electrons. The summed E-state index contributed by atoms with van der Waals surface area (Å²) in [4.78, 5) is 25.1. The van der Waals surface area contributed by atoms with Crippen LogP contribution in [0.15, 0.2) is 76.8 Å². The largest absolute Gasteiger partial charge is 0.462 e. The maximum atomic E-state index is 13.7. The highest BCUT2D eigenvalue weighted by molar-refractivity contribution is 6.05. The Morgan fingerprint density at radius 3 is 2.41 bits per heavy atom. The summed E-state index contributed by atoms with van der Waals surface area (Å²) in [6.07, 6.45) is 1.80. The molecule has 0 bridgehead atoms. The molecule has 5 nitrogen and oxygen atoms in total. The van der Waals surface area contributed by atoms with Crippen molar-refractivity contribution in [1.82, 2.24) is 10.6 Å². The number of nitrogens with one attached hydrogen (secondary N) is 2. The van der Waals surface area contributed by atoms with Crippen LogP contribution in [0.5, 0.6) is 0 Å². The second-order valence-electron chi connectivity index (χ2n) is 6.42. The second kappa shape index (κ2) is 9.50. The number of halogens is 1. The third-order valence-corrected chi connectivity index (χ3v) is 4.21. The van der Waals surface area contributed by atoms with Crippen molar-refractivity contribution in [3.63, 3.8) is 0 Å². The highest BCUT2D eigenvalue weighted by atomic mass is 19.1. The van der Waals surface area contributed by atoms with Crippen LogP contribution in [0.4, 0.5) is 4.39 Å². The van der Waals surface area contributed by atoms with Gasteiger partial charge in [0.1, 0.15) is 23.0 Å². The highest BCUT2D eigenvalue weighted by Crippen LogP contribution is 2.11. The van der Waals surface area contributed by atoms with Gasteiger partial charge in [-0.05, 0) is 49.2 Å². The molecule has 0 atom stereocenters. The summed E-state index contributed by atoms with van der Waals surface area (Å²) in [5, 5.41) is 5.34. The molecule has 0 fully saturated rings. The van der Waals surface area contributed by atoms with Crippen LogP contribution in [0.25, 0.3) is 6.08 Å². The van der Waals surface area contributed by atoms with Gasteiger partial charge in [-0.3, -0.25) is 9.59 Å². The maximum Gasteiger partial charge on any atom is 0.267 e. The van der Waals surface area contributed by atoms with Crippen molar-refractivity contribution in [1.29, 1.82) is 0 Å². The zero-order valence-electron chi connectivity index (χ0n) is 15.9. The predicted octanol–water partition coefficient (Wildman–Crippen LogP) is 3.86. The topological polar surface area (TPSA) is 71.3 Å². The number of carbonyl (C=O) groups excluding carboxylic acids is 2. The van der Waals surface area contributed by atoms with E-state index in [0.29, 0.717) is 29.1 Å². The Labute approximate surface area is 168 Å². The van der Waals surface area contributed by atoms with E-state index in [4.69, 9.17) is 4.42 Å². The summed E-state index contributed by atoms with van der Waals surface area (Å²) in [6, 6.07) is 18.5. The van der Waals surface area contributed by atoms with Gasteiger partial charge in [0.15, 0.2) is 0 Å². The fourth-order valence-electron chi connectivity index (χ4n) is 2.72. The predicted molar refractivity (Wildman–Crippen MR) is 108 cm³/mol. The number of amides is 2. The molecule has 2 aromatic carbocycles. The molecule has 1 heterocycles. The molecule has 2 N–H and O–H groups in total. The van der Waals surface area contributed by atoms with Gasteiger partial charge in [0, 0.05) is 18.2 Å². The molecule has 29 heavy (non-hydrogen) atoms. The lowest BCUT2D eigenvalue weighted by molar-refractivity contribution is -0.117. The fraction of sp³-hybridized carbons (Fsp3) is 0.130. The summed E-state index contributed by atoms with van der Waals surface area (Å²) in [6.45, 7) is 2.00. The summed E-state index contributed by atoms with van der Waals surface area (Å²) < 4.78 is 19.2. The van der Waals surface area contributed by atoms with Crippen LogP contribution >= 0.6 is 0 Å². The summed E-state index contributed by atoms with van der Waals surface area (Å²) in [7, 11) is 0. The molecule has 0 radical (unpaired) electrons. The SMILES string of the molecule is Cc1ccc(/C=C(\NC(=O)c2ccccc2)C(=O)NCCc2ccccc2F)o1. The molecule has 0 spiro atoms. The summed E-state index contributed by atoms with van der Waals surface area (Å²) >= 11 is 0. The Hall–Kier alpha value is -3.67. The number of furan rings is 1. The van der Waals surface area contributed by atoms with Crippen LogP contribution in [-0.2, 0) is 11.2 Å². The molecule has 0 aliphatic carbocycles. The van der Waals surface area contributed by atoms with Gasteiger partial charge in [0.05, 0.1) is 0 Å². The molecule has 0 aliphatic rings. The minimum atomic E-state index is -0.486.